The lowest BCUT2D eigenvalue weighted by molar-refractivity contribution is -0.385. The summed E-state index contributed by atoms with van der Waals surface area (Å²) in [6, 6.07) is 5.55. The van der Waals surface area contributed by atoms with Gasteiger partial charge in [-0.1, -0.05) is 90.2 Å². The maximum atomic E-state index is 10.1. The van der Waals surface area contributed by atoms with Gasteiger partial charge in [0.2, 0.25) is 0 Å². The molecule has 0 saturated heterocycles. The molecule has 0 bridgehead atoms. The summed E-state index contributed by atoms with van der Waals surface area (Å²) in [6.45, 7) is 6.51. The first-order valence-corrected chi connectivity index (χ1v) is 10.6. The molecule has 0 aliphatic rings. The number of hydrogen-bond acceptors (Lipinski definition) is 4. The molecule has 27 heavy (non-hydrogen) atoms. The zero-order chi connectivity index (χ0) is 20.2. The van der Waals surface area contributed by atoms with Gasteiger partial charge in [-0.3, -0.25) is 10.1 Å². The molecule has 0 unspecified atom stereocenters. The number of unbranched alkanes of at least 4 members (excludes halogenated alkanes) is 10. The summed E-state index contributed by atoms with van der Waals surface area (Å²) in [7, 11) is 0. The number of benzene rings is 1. The molecule has 5 heteroatoms. The monoisotopic (exact) mass is 381 g/mol. The van der Waals surface area contributed by atoms with Gasteiger partial charge in [-0.15, -0.1) is 0 Å². The van der Waals surface area contributed by atoms with Gasteiger partial charge in [0.05, 0.1) is 4.92 Å². The molecule has 1 aromatic rings. The van der Waals surface area contributed by atoms with Crippen molar-refractivity contribution in [2.45, 2.75) is 90.9 Å². The van der Waals surface area contributed by atoms with Crippen molar-refractivity contribution >= 4 is 5.69 Å². The number of nitro groups is 1. The highest BCUT2D eigenvalue weighted by Gasteiger charge is 2.09. The molecule has 0 aliphatic heterocycles. The first-order chi connectivity index (χ1) is 13.1. The minimum absolute atomic E-state index is 0.262. The largest absolute Gasteiger partial charge is 0.502 e. The summed E-state index contributed by atoms with van der Waals surface area (Å²) in [4.78, 5) is 9.44. The number of ether oxygens (including phenoxy) is 1. The number of aromatic hydroxyl groups is 1. The molecule has 1 rings (SSSR count). The van der Waals surface area contributed by atoms with E-state index in [0.717, 1.165) is 13.2 Å². The van der Waals surface area contributed by atoms with E-state index in [0.29, 0.717) is 0 Å². The molecule has 0 spiro atoms. The van der Waals surface area contributed by atoms with Crippen molar-refractivity contribution in [1.82, 2.24) is 0 Å². The topological polar surface area (TPSA) is 72.6 Å². The van der Waals surface area contributed by atoms with E-state index in [1.54, 1.807) is 0 Å². The zero-order valence-corrected chi connectivity index (χ0v) is 17.3. The van der Waals surface area contributed by atoms with E-state index in [1.807, 2.05) is 0 Å². The third kappa shape index (κ3) is 16.3. The van der Waals surface area contributed by atoms with Crippen LogP contribution in [0.4, 0.5) is 5.69 Å². The third-order valence-electron chi connectivity index (χ3n) is 4.36. The molecule has 0 fully saturated rings. The van der Waals surface area contributed by atoms with Crippen LogP contribution in [0.1, 0.15) is 90.9 Å². The second kappa shape index (κ2) is 19.2. The Hall–Kier alpha value is -1.62. The Morgan fingerprint density at radius 3 is 1.67 bits per heavy atom. The maximum Gasteiger partial charge on any atom is 0.310 e. The quantitative estimate of drug-likeness (QED) is 0.201. The average Bonchev–Trinajstić information content (AvgIpc) is 2.66. The molecule has 0 atom stereocenters. The molecule has 0 aliphatic carbocycles. The predicted molar refractivity (Wildman–Crippen MR) is 112 cm³/mol. The van der Waals surface area contributed by atoms with Crippen LogP contribution in [0.2, 0.25) is 0 Å². The van der Waals surface area contributed by atoms with E-state index in [4.69, 9.17) is 9.84 Å². The van der Waals surface area contributed by atoms with Crippen molar-refractivity contribution in [3.8, 4) is 5.75 Å². The Morgan fingerprint density at radius 1 is 0.815 bits per heavy atom. The summed E-state index contributed by atoms with van der Waals surface area (Å²) < 4.78 is 5.65. The van der Waals surface area contributed by atoms with Crippen molar-refractivity contribution in [2.75, 3.05) is 13.2 Å². The fourth-order valence-corrected chi connectivity index (χ4v) is 2.69. The van der Waals surface area contributed by atoms with Crippen molar-refractivity contribution in [3.63, 3.8) is 0 Å². The molecular weight excluding hydrogens is 342 g/mol. The Kier molecular flexibility index (Phi) is 18.0. The van der Waals surface area contributed by atoms with Crippen LogP contribution in [0.15, 0.2) is 24.3 Å². The lowest BCUT2D eigenvalue weighted by Gasteiger charge is -2.04. The first kappa shape index (κ1) is 25.4. The molecule has 0 heterocycles. The van der Waals surface area contributed by atoms with E-state index < -0.39 is 4.92 Å². The van der Waals surface area contributed by atoms with Crippen molar-refractivity contribution in [3.05, 3.63) is 34.4 Å². The third-order valence-corrected chi connectivity index (χ3v) is 4.36. The van der Waals surface area contributed by atoms with E-state index in [2.05, 4.69) is 13.8 Å². The number of rotatable bonds is 15. The Balaban J connectivity index is 0.000000569. The first-order valence-electron chi connectivity index (χ1n) is 10.6. The van der Waals surface area contributed by atoms with Gasteiger partial charge in [0.25, 0.3) is 0 Å². The number of hydrogen-bond donors (Lipinski definition) is 1. The van der Waals surface area contributed by atoms with E-state index in [1.165, 1.54) is 101 Å². The summed E-state index contributed by atoms with van der Waals surface area (Å²) in [6.07, 6.45) is 16.3. The van der Waals surface area contributed by atoms with Crippen LogP contribution in [-0.2, 0) is 4.74 Å². The Labute approximate surface area is 165 Å². The number of nitro benzene ring substituents is 1. The predicted octanol–water partition coefficient (Wildman–Crippen LogP) is 7.02. The molecule has 156 valence electrons. The van der Waals surface area contributed by atoms with Crippen molar-refractivity contribution in [1.29, 1.82) is 0 Å². The lowest BCUT2D eigenvalue weighted by atomic mass is 10.1. The number of phenols is 1. The summed E-state index contributed by atoms with van der Waals surface area (Å²) in [5.41, 5.74) is -0.262. The second-order valence-corrected chi connectivity index (χ2v) is 6.89. The van der Waals surface area contributed by atoms with Gasteiger partial charge in [0, 0.05) is 19.3 Å². The molecule has 1 aromatic carbocycles. The Bertz CT molecular complexity index is 451. The normalized spacial score (nSPS) is 10.3. The van der Waals surface area contributed by atoms with Gasteiger partial charge >= 0.3 is 5.69 Å². The number of phenolic OH excluding ortho intramolecular Hbond substituents is 1. The van der Waals surface area contributed by atoms with Crippen molar-refractivity contribution in [2.24, 2.45) is 0 Å². The van der Waals surface area contributed by atoms with Crippen LogP contribution in [-0.4, -0.2) is 23.2 Å². The number of para-hydroxylation sites is 2. The highest BCUT2D eigenvalue weighted by molar-refractivity contribution is 5.44. The van der Waals surface area contributed by atoms with Gasteiger partial charge in [-0.2, -0.15) is 0 Å². The fraction of sp³-hybridized carbons (Fsp3) is 0.727. The van der Waals surface area contributed by atoms with Crippen LogP contribution < -0.4 is 0 Å². The summed E-state index contributed by atoms with van der Waals surface area (Å²) in [5.74, 6) is -0.299. The number of nitrogens with zero attached hydrogens (tertiary/aromatic N) is 1. The van der Waals surface area contributed by atoms with Gasteiger partial charge in [0.1, 0.15) is 0 Å². The standard InChI is InChI=1S/C16H34O.C6H5NO3/c1-3-5-7-9-11-13-15-17-16-14-12-10-8-6-4-2;8-6-4-2-1-3-5(6)7(9)10/h3-16H2,1-2H3;1-4,8H. The van der Waals surface area contributed by atoms with Gasteiger partial charge in [0.15, 0.2) is 5.75 Å². The molecule has 1 N–H and O–H groups in total. The molecular formula is C22H39NO4. The van der Waals surface area contributed by atoms with Crippen molar-refractivity contribution < 1.29 is 14.8 Å². The highest BCUT2D eigenvalue weighted by Crippen LogP contribution is 2.23. The highest BCUT2D eigenvalue weighted by atomic mass is 16.6. The minimum Gasteiger partial charge on any atom is -0.502 e. The van der Waals surface area contributed by atoms with Gasteiger partial charge < -0.3 is 9.84 Å². The Morgan fingerprint density at radius 2 is 1.26 bits per heavy atom. The molecule has 0 aromatic heterocycles. The lowest BCUT2D eigenvalue weighted by Crippen LogP contribution is -1.97. The molecule has 0 radical (unpaired) electrons. The maximum absolute atomic E-state index is 10.1. The molecule has 0 amide bonds. The van der Waals surface area contributed by atoms with Crippen LogP contribution in [0, 0.1) is 10.1 Å². The fourth-order valence-electron chi connectivity index (χ4n) is 2.69. The average molecular weight is 382 g/mol. The van der Waals surface area contributed by atoms with E-state index >= 15 is 0 Å². The second-order valence-electron chi connectivity index (χ2n) is 6.89. The minimum atomic E-state index is -0.630. The van der Waals surface area contributed by atoms with Gasteiger partial charge in [-0.05, 0) is 18.9 Å². The zero-order valence-electron chi connectivity index (χ0n) is 17.3. The van der Waals surface area contributed by atoms with Crippen LogP contribution in [0.3, 0.4) is 0 Å². The van der Waals surface area contributed by atoms with Gasteiger partial charge in [-0.25, -0.2) is 0 Å². The summed E-state index contributed by atoms with van der Waals surface area (Å²) in [5, 5.41) is 18.9. The molecule has 5 nitrogen and oxygen atoms in total. The van der Waals surface area contributed by atoms with Crippen LogP contribution >= 0.6 is 0 Å². The van der Waals surface area contributed by atoms with E-state index in [-0.39, 0.29) is 11.4 Å². The van der Waals surface area contributed by atoms with E-state index in [9.17, 15) is 10.1 Å². The van der Waals surface area contributed by atoms with Crippen LogP contribution in [0.5, 0.6) is 5.75 Å². The molecule has 0 saturated carbocycles. The SMILES string of the molecule is CCCCCCCCOCCCCCCCC.O=[N+]([O-])c1ccccc1O. The summed E-state index contributed by atoms with van der Waals surface area (Å²) >= 11 is 0. The van der Waals surface area contributed by atoms with Crippen LogP contribution in [0.25, 0.3) is 0 Å². The smallest absolute Gasteiger partial charge is 0.310 e.